The first-order valence-electron chi connectivity index (χ1n) is 13.7. The van der Waals surface area contributed by atoms with E-state index in [2.05, 4.69) is 0 Å². The summed E-state index contributed by atoms with van der Waals surface area (Å²) in [6.45, 7) is 4.35. The lowest BCUT2D eigenvalue weighted by molar-refractivity contribution is -0.233. The first kappa shape index (κ1) is 33.9. The van der Waals surface area contributed by atoms with Gasteiger partial charge in [-0.25, -0.2) is 9.59 Å². The third-order valence-electron chi connectivity index (χ3n) is 6.11. The molecule has 1 heterocycles. The summed E-state index contributed by atoms with van der Waals surface area (Å²) in [4.78, 5) is 60.6. The van der Waals surface area contributed by atoms with E-state index in [1.165, 1.54) is 19.9 Å². The molecule has 0 aliphatic carbocycles. The van der Waals surface area contributed by atoms with Gasteiger partial charge < -0.3 is 38.9 Å². The van der Waals surface area contributed by atoms with Gasteiger partial charge in [0, 0.05) is 26.8 Å². The number of benzene rings is 2. The lowest BCUT2D eigenvalue weighted by Crippen LogP contribution is -2.51. The Morgan fingerprint density at radius 3 is 1.91 bits per heavy atom. The van der Waals surface area contributed by atoms with Crippen molar-refractivity contribution >= 4 is 29.8 Å². The molecule has 44 heavy (non-hydrogen) atoms. The molecule has 0 spiro atoms. The molecule has 0 radical (unpaired) electrons. The van der Waals surface area contributed by atoms with Crippen LogP contribution in [0.4, 0.5) is 0 Å². The van der Waals surface area contributed by atoms with Gasteiger partial charge in [-0.05, 0) is 31.2 Å². The van der Waals surface area contributed by atoms with Crippen molar-refractivity contribution in [3.63, 3.8) is 0 Å². The van der Waals surface area contributed by atoms with Gasteiger partial charge in [0.1, 0.15) is 18.5 Å². The quantitative estimate of drug-likeness (QED) is 0.258. The molecule has 2 aromatic rings. The summed E-state index contributed by atoms with van der Waals surface area (Å²) < 4.78 is 38.5. The fraction of sp³-hybridized carbons (Fsp3) is 0.387. The van der Waals surface area contributed by atoms with Crippen molar-refractivity contribution in [1.82, 2.24) is 0 Å². The number of hydrogen-bond acceptors (Lipinski definition) is 13. The molecule has 0 amide bonds. The molecule has 13 nitrogen and oxygen atoms in total. The van der Waals surface area contributed by atoms with Gasteiger partial charge in [-0.1, -0.05) is 36.4 Å². The van der Waals surface area contributed by atoms with Crippen LogP contribution >= 0.6 is 0 Å². The molecule has 6 atom stereocenters. The van der Waals surface area contributed by atoms with E-state index in [-0.39, 0.29) is 30.1 Å². The Bertz CT molecular complexity index is 1330. The SMILES string of the molecule is CC(=O)OCC1OC(OC[C@H](N)[C@H](OC(=O)c2ccccc2)[C@@H](C)OC(=O)c2ccccc2)C(OC(C)=O)C=C1OC(C)=O. The van der Waals surface area contributed by atoms with E-state index in [1.807, 2.05) is 0 Å². The fourth-order valence-electron chi connectivity index (χ4n) is 4.13. The van der Waals surface area contributed by atoms with Crippen LogP contribution < -0.4 is 5.73 Å². The second kappa shape index (κ2) is 16.3. The minimum Gasteiger partial charge on any atom is -0.463 e. The largest absolute Gasteiger partial charge is 0.463 e. The summed E-state index contributed by atoms with van der Waals surface area (Å²) in [7, 11) is 0. The fourth-order valence-corrected chi connectivity index (χ4v) is 4.13. The zero-order chi connectivity index (χ0) is 32.2. The first-order valence-corrected chi connectivity index (χ1v) is 13.7. The maximum absolute atomic E-state index is 13.0. The predicted molar refractivity (Wildman–Crippen MR) is 152 cm³/mol. The monoisotopic (exact) mass is 613 g/mol. The van der Waals surface area contributed by atoms with Crippen LogP contribution in [0, 0.1) is 0 Å². The maximum Gasteiger partial charge on any atom is 0.338 e. The van der Waals surface area contributed by atoms with Crippen LogP contribution in [-0.2, 0) is 47.5 Å². The van der Waals surface area contributed by atoms with Gasteiger partial charge in [0.05, 0.1) is 23.8 Å². The van der Waals surface area contributed by atoms with Crippen LogP contribution in [0.1, 0.15) is 48.4 Å². The number of hydrogen-bond donors (Lipinski definition) is 1. The summed E-state index contributed by atoms with van der Waals surface area (Å²) in [5, 5.41) is 0. The van der Waals surface area contributed by atoms with Gasteiger partial charge in [-0.2, -0.15) is 0 Å². The van der Waals surface area contributed by atoms with Crippen LogP contribution in [0.25, 0.3) is 0 Å². The third kappa shape index (κ3) is 10.3. The average Bonchev–Trinajstić information content (AvgIpc) is 2.98. The number of carbonyl (C=O) groups excluding carboxylic acids is 5. The Morgan fingerprint density at radius 2 is 1.39 bits per heavy atom. The van der Waals surface area contributed by atoms with Gasteiger partial charge in [0.25, 0.3) is 0 Å². The van der Waals surface area contributed by atoms with Crippen molar-refractivity contribution in [2.45, 2.75) is 64.4 Å². The minimum absolute atomic E-state index is 0.0507. The molecule has 0 bridgehead atoms. The number of esters is 5. The topological polar surface area (TPSA) is 176 Å². The molecule has 0 saturated carbocycles. The molecule has 0 aromatic heterocycles. The molecule has 236 valence electrons. The third-order valence-corrected chi connectivity index (χ3v) is 6.11. The van der Waals surface area contributed by atoms with Crippen LogP contribution in [0.15, 0.2) is 72.5 Å². The Balaban J connectivity index is 1.81. The molecular formula is C31H35NO12. The van der Waals surface area contributed by atoms with Crippen molar-refractivity contribution < 1.29 is 57.1 Å². The standard InChI is InChI=1S/C31H35NO12/c1-18(40-29(36)22-11-7-5-8-12-22)28(44-30(37)23-13-9-6-10-14-23)24(32)16-39-31-26(42-21(4)35)15-25(41-20(3)34)27(43-31)17-38-19(2)33/h5-15,18,24,26-28,31H,16-17,32H2,1-4H3/t18-,24+,26?,27?,28-,31?/m1/s1. The van der Waals surface area contributed by atoms with Crippen LogP contribution in [0.5, 0.6) is 0 Å². The van der Waals surface area contributed by atoms with Crippen LogP contribution in [-0.4, -0.2) is 79.8 Å². The maximum atomic E-state index is 13.0. The minimum atomic E-state index is -1.31. The Kier molecular flexibility index (Phi) is 12.6. The molecule has 1 aliphatic rings. The molecule has 3 unspecified atom stereocenters. The van der Waals surface area contributed by atoms with Gasteiger partial charge in [0.2, 0.25) is 0 Å². The van der Waals surface area contributed by atoms with E-state index in [1.54, 1.807) is 60.7 Å². The molecule has 2 N–H and O–H groups in total. The highest BCUT2D eigenvalue weighted by molar-refractivity contribution is 5.90. The average molecular weight is 614 g/mol. The van der Waals surface area contributed by atoms with E-state index in [4.69, 9.17) is 38.9 Å². The number of nitrogens with two attached hydrogens (primary N) is 1. The van der Waals surface area contributed by atoms with Gasteiger partial charge in [-0.15, -0.1) is 0 Å². The van der Waals surface area contributed by atoms with E-state index >= 15 is 0 Å². The molecule has 0 saturated heterocycles. The van der Waals surface area contributed by atoms with Crippen LogP contribution in [0.2, 0.25) is 0 Å². The zero-order valence-corrected chi connectivity index (χ0v) is 24.7. The summed E-state index contributed by atoms with van der Waals surface area (Å²) in [6, 6.07) is 15.3. The lowest BCUT2D eigenvalue weighted by Gasteiger charge is -2.35. The normalized spacial score (nSPS) is 19.8. The second-order valence-electron chi connectivity index (χ2n) is 9.74. The Labute approximate surface area is 254 Å². The van der Waals surface area contributed by atoms with Crippen LogP contribution in [0.3, 0.4) is 0 Å². The van der Waals surface area contributed by atoms with Crippen molar-refractivity contribution in [2.24, 2.45) is 5.73 Å². The number of carbonyl (C=O) groups is 5. The summed E-state index contributed by atoms with van der Waals surface area (Å²) in [6.07, 6.45) is -4.52. The van der Waals surface area contributed by atoms with E-state index in [0.717, 1.165) is 13.8 Å². The highest BCUT2D eigenvalue weighted by Crippen LogP contribution is 2.25. The Hall–Kier alpha value is -4.59. The molecule has 13 heteroatoms. The van der Waals surface area contributed by atoms with Crippen molar-refractivity contribution in [2.75, 3.05) is 13.2 Å². The predicted octanol–water partition coefficient (Wildman–Crippen LogP) is 2.47. The molecular weight excluding hydrogens is 578 g/mol. The van der Waals surface area contributed by atoms with Gasteiger partial charge in [-0.3, -0.25) is 14.4 Å². The number of ether oxygens (including phenoxy) is 7. The zero-order valence-electron chi connectivity index (χ0n) is 24.7. The highest BCUT2D eigenvalue weighted by atomic mass is 16.7. The summed E-state index contributed by atoms with van der Waals surface area (Å²) in [5.41, 5.74) is 6.97. The first-order chi connectivity index (χ1) is 20.9. The summed E-state index contributed by atoms with van der Waals surface area (Å²) in [5.74, 6) is -3.41. The number of rotatable bonds is 13. The van der Waals surface area contributed by atoms with Crippen molar-refractivity contribution in [1.29, 1.82) is 0 Å². The molecule has 1 aliphatic heterocycles. The van der Waals surface area contributed by atoms with Crippen molar-refractivity contribution in [3.05, 3.63) is 83.6 Å². The molecule has 0 fully saturated rings. The van der Waals surface area contributed by atoms with Crippen molar-refractivity contribution in [3.8, 4) is 0 Å². The van der Waals surface area contributed by atoms with E-state index < -0.39 is 66.6 Å². The smallest absolute Gasteiger partial charge is 0.338 e. The van der Waals surface area contributed by atoms with E-state index in [9.17, 15) is 24.0 Å². The lowest BCUT2D eigenvalue weighted by atomic mass is 10.1. The Morgan fingerprint density at radius 1 is 0.818 bits per heavy atom. The summed E-state index contributed by atoms with van der Waals surface area (Å²) >= 11 is 0. The van der Waals surface area contributed by atoms with Gasteiger partial charge >= 0.3 is 29.8 Å². The molecule has 3 rings (SSSR count). The second-order valence-corrected chi connectivity index (χ2v) is 9.74. The molecule has 2 aromatic carbocycles. The van der Waals surface area contributed by atoms with Gasteiger partial charge in [0.15, 0.2) is 24.6 Å². The highest BCUT2D eigenvalue weighted by Gasteiger charge is 2.39. The van der Waals surface area contributed by atoms with E-state index in [0.29, 0.717) is 0 Å².